The van der Waals surface area contributed by atoms with Gasteiger partial charge in [0.25, 0.3) is 0 Å². The molecule has 61 valence electrons. The van der Waals surface area contributed by atoms with Crippen molar-refractivity contribution in [1.82, 2.24) is 0 Å². The highest BCUT2D eigenvalue weighted by Crippen LogP contribution is 2.26. The Morgan fingerprint density at radius 2 is 2.17 bits per heavy atom. The topological polar surface area (TPSA) is 26.0 Å². The van der Waals surface area contributed by atoms with E-state index in [-0.39, 0.29) is 0 Å². The standard InChI is InChI=1S/C11H12N/c1-8-6-10(12)7-9-4-2-3-5-11(8)9/h2-5,8H,7,12H2,1H3. The molecule has 1 aliphatic rings. The molecule has 1 atom stereocenters. The summed E-state index contributed by atoms with van der Waals surface area (Å²) in [6.07, 6.45) is 4.09. The third-order valence-electron chi connectivity index (χ3n) is 2.30. The Labute approximate surface area is 72.9 Å². The van der Waals surface area contributed by atoms with Crippen LogP contribution in [0, 0.1) is 6.08 Å². The highest BCUT2D eigenvalue weighted by Gasteiger charge is 2.14. The van der Waals surface area contributed by atoms with Gasteiger partial charge in [0.2, 0.25) is 0 Å². The molecular weight excluding hydrogens is 146 g/mol. The highest BCUT2D eigenvalue weighted by molar-refractivity contribution is 5.37. The number of fused-ring (bicyclic) bond motifs is 1. The van der Waals surface area contributed by atoms with Gasteiger partial charge in [-0.1, -0.05) is 31.2 Å². The van der Waals surface area contributed by atoms with E-state index in [9.17, 15) is 0 Å². The van der Waals surface area contributed by atoms with Crippen molar-refractivity contribution in [2.24, 2.45) is 5.73 Å². The molecule has 1 heteroatoms. The van der Waals surface area contributed by atoms with Gasteiger partial charge in [-0.15, -0.1) is 0 Å². The van der Waals surface area contributed by atoms with E-state index < -0.39 is 0 Å². The van der Waals surface area contributed by atoms with Crippen molar-refractivity contribution in [1.29, 1.82) is 0 Å². The molecule has 1 radical (unpaired) electrons. The molecule has 0 fully saturated rings. The van der Waals surface area contributed by atoms with Crippen LogP contribution in [0.2, 0.25) is 0 Å². The Kier molecular flexibility index (Phi) is 1.65. The van der Waals surface area contributed by atoms with E-state index in [1.165, 1.54) is 11.1 Å². The second-order valence-electron chi connectivity index (χ2n) is 3.27. The van der Waals surface area contributed by atoms with Crippen LogP contribution < -0.4 is 5.73 Å². The number of rotatable bonds is 0. The summed E-state index contributed by atoms with van der Waals surface area (Å²) in [6.45, 7) is 2.13. The zero-order valence-electron chi connectivity index (χ0n) is 7.17. The summed E-state index contributed by atoms with van der Waals surface area (Å²) in [4.78, 5) is 0. The number of nitrogens with two attached hydrogens (primary N) is 1. The summed E-state index contributed by atoms with van der Waals surface area (Å²) in [5.74, 6) is 0.356. The van der Waals surface area contributed by atoms with E-state index >= 15 is 0 Å². The number of benzene rings is 1. The zero-order chi connectivity index (χ0) is 8.55. The Bertz CT molecular complexity index is 326. The Morgan fingerprint density at radius 1 is 1.42 bits per heavy atom. The number of hydrogen-bond acceptors (Lipinski definition) is 1. The van der Waals surface area contributed by atoms with Gasteiger partial charge < -0.3 is 5.73 Å². The van der Waals surface area contributed by atoms with E-state index in [2.05, 4.69) is 37.3 Å². The summed E-state index contributed by atoms with van der Waals surface area (Å²) in [6, 6.07) is 8.42. The SMILES string of the molecule is CC1[C]=C(N)Cc2ccccc21. The van der Waals surface area contributed by atoms with Gasteiger partial charge in [-0.05, 0) is 17.2 Å². The first kappa shape index (κ1) is 7.41. The quantitative estimate of drug-likeness (QED) is 0.614. The van der Waals surface area contributed by atoms with Crippen LogP contribution in [-0.2, 0) is 6.42 Å². The monoisotopic (exact) mass is 158 g/mol. The van der Waals surface area contributed by atoms with Gasteiger partial charge >= 0.3 is 0 Å². The fourth-order valence-electron chi connectivity index (χ4n) is 1.73. The van der Waals surface area contributed by atoms with Crippen LogP contribution in [0.4, 0.5) is 0 Å². The predicted molar refractivity (Wildman–Crippen MR) is 49.5 cm³/mol. The lowest BCUT2D eigenvalue weighted by atomic mass is 9.88. The molecule has 2 N–H and O–H groups in total. The minimum absolute atomic E-state index is 0.356. The Hall–Kier alpha value is -1.24. The van der Waals surface area contributed by atoms with Crippen molar-refractivity contribution < 1.29 is 0 Å². The van der Waals surface area contributed by atoms with Gasteiger partial charge in [0, 0.05) is 18.0 Å². The van der Waals surface area contributed by atoms with Gasteiger partial charge in [0.1, 0.15) is 0 Å². The normalized spacial score (nSPS) is 21.4. The first-order chi connectivity index (χ1) is 5.77. The number of allylic oxidation sites excluding steroid dienone is 2. The second-order valence-corrected chi connectivity index (χ2v) is 3.27. The molecule has 2 rings (SSSR count). The van der Waals surface area contributed by atoms with E-state index in [1.54, 1.807) is 0 Å². The zero-order valence-corrected chi connectivity index (χ0v) is 7.17. The lowest BCUT2D eigenvalue weighted by Gasteiger charge is -2.18. The average Bonchev–Trinajstić information content (AvgIpc) is 2.04. The summed E-state index contributed by atoms with van der Waals surface area (Å²) in [7, 11) is 0. The van der Waals surface area contributed by atoms with Crippen molar-refractivity contribution in [3.8, 4) is 0 Å². The van der Waals surface area contributed by atoms with Crippen LogP contribution >= 0.6 is 0 Å². The fourth-order valence-corrected chi connectivity index (χ4v) is 1.73. The predicted octanol–water partition coefficient (Wildman–Crippen LogP) is 1.99. The summed E-state index contributed by atoms with van der Waals surface area (Å²) in [5, 5.41) is 0. The van der Waals surface area contributed by atoms with Crippen molar-refractivity contribution >= 4 is 0 Å². The maximum atomic E-state index is 5.75. The van der Waals surface area contributed by atoms with Gasteiger partial charge in [-0.2, -0.15) is 0 Å². The molecule has 0 bridgehead atoms. The molecule has 1 aromatic rings. The van der Waals surface area contributed by atoms with Gasteiger partial charge in [-0.3, -0.25) is 0 Å². The number of hydrogen-bond donors (Lipinski definition) is 1. The maximum Gasteiger partial charge on any atom is 0.0167 e. The third-order valence-corrected chi connectivity index (χ3v) is 2.30. The van der Waals surface area contributed by atoms with Crippen LogP contribution in [-0.4, -0.2) is 0 Å². The lowest BCUT2D eigenvalue weighted by Crippen LogP contribution is -2.12. The first-order valence-corrected chi connectivity index (χ1v) is 4.23. The molecule has 0 spiro atoms. The van der Waals surface area contributed by atoms with Crippen molar-refractivity contribution in [3.05, 3.63) is 47.2 Å². The van der Waals surface area contributed by atoms with Crippen LogP contribution in [0.25, 0.3) is 0 Å². The molecule has 0 saturated heterocycles. The van der Waals surface area contributed by atoms with Gasteiger partial charge in [0.05, 0.1) is 0 Å². The lowest BCUT2D eigenvalue weighted by molar-refractivity contribution is 0.843. The summed E-state index contributed by atoms with van der Waals surface area (Å²) >= 11 is 0. The first-order valence-electron chi connectivity index (χ1n) is 4.23. The molecular formula is C11H12N. The molecule has 0 saturated carbocycles. The molecule has 1 aliphatic carbocycles. The van der Waals surface area contributed by atoms with Gasteiger partial charge in [-0.25, -0.2) is 0 Å². The minimum atomic E-state index is 0.356. The van der Waals surface area contributed by atoms with E-state index in [0.29, 0.717) is 5.92 Å². The third kappa shape index (κ3) is 1.11. The van der Waals surface area contributed by atoms with Crippen LogP contribution in [0.1, 0.15) is 24.0 Å². The molecule has 0 aromatic heterocycles. The molecule has 1 aromatic carbocycles. The van der Waals surface area contributed by atoms with Crippen LogP contribution in [0.5, 0.6) is 0 Å². The molecule has 12 heavy (non-hydrogen) atoms. The van der Waals surface area contributed by atoms with Crippen molar-refractivity contribution in [2.45, 2.75) is 19.3 Å². The Morgan fingerprint density at radius 3 is 3.00 bits per heavy atom. The molecule has 1 nitrogen and oxygen atoms in total. The van der Waals surface area contributed by atoms with Crippen LogP contribution in [0.15, 0.2) is 30.0 Å². The van der Waals surface area contributed by atoms with Gasteiger partial charge in [0.15, 0.2) is 0 Å². The van der Waals surface area contributed by atoms with Crippen molar-refractivity contribution in [3.63, 3.8) is 0 Å². The van der Waals surface area contributed by atoms with E-state index in [0.717, 1.165) is 12.1 Å². The Balaban J connectivity index is 2.48. The summed E-state index contributed by atoms with van der Waals surface area (Å²) in [5.41, 5.74) is 9.34. The summed E-state index contributed by atoms with van der Waals surface area (Å²) < 4.78 is 0. The smallest absolute Gasteiger partial charge is 0.0167 e. The molecule has 0 amide bonds. The van der Waals surface area contributed by atoms with Crippen LogP contribution in [0.3, 0.4) is 0 Å². The molecule has 0 heterocycles. The van der Waals surface area contributed by atoms with E-state index in [1.807, 2.05) is 0 Å². The molecule has 1 unspecified atom stereocenters. The largest absolute Gasteiger partial charge is 0.402 e. The average molecular weight is 158 g/mol. The second kappa shape index (κ2) is 2.67. The maximum absolute atomic E-state index is 5.75. The van der Waals surface area contributed by atoms with E-state index in [4.69, 9.17) is 5.73 Å². The molecule has 0 aliphatic heterocycles. The van der Waals surface area contributed by atoms with Crippen molar-refractivity contribution in [2.75, 3.05) is 0 Å². The fraction of sp³-hybridized carbons (Fsp3) is 0.273. The highest BCUT2D eigenvalue weighted by atomic mass is 14.6. The minimum Gasteiger partial charge on any atom is -0.402 e.